The van der Waals surface area contributed by atoms with Crippen LogP contribution in [0.4, 0.5) is 8.78 Å². The van der Waals surface area contributed by atoms with Crippen LogP contribution in [0, 0.1) is 11.6 Å². The highest BCUT2D eigenvalue weighted by atomic mass is 19.1. The number of nitrogens with two attached hydrogens (primary N) is 1. The molecule has 0 fully saturated rings. The first-order chi connectivity index (χ1) is 10.1. The summed E-state index contributed by atoms with van der Waals surface area (Å²) in [5, 5.41) is 5.31. The number of rotatable bonds is 3. The van der Waals surface area contributed by atoms with Gasteiger partial charge in [0, 0.05) is 18.5 Å². The lowest BCUT2D eigenvalue weighted by Crippen LogP contribution is -2.29. The van der Waals surface area contributed by atoms with Crippen LogP contribution in [-0.2, 0) is 7.05 Å². The van der Waals surface area contributed by atoms with Crippen LogP contribution in [0.2, 0.25) is 0 Å². The highest BCUT2D eigenvalue weighted by molar-refractivity contribution is 5.82. The maximum atomic E-state index is 13.4. The number of aromatic nitrogens is 2. The third kappa shape index (κ3) is 2.39. The van der Waals surface area contributed by atoms with Crippen molar-refractivity contribution in [2.45, 2.75) is 6.04 Å². The summed E-state index contributed by atoms with van der Waals surface area (Å²) < 4.78 is 28.6. The SMILES string of the molecule is Cn1nc(C(NN)c2cc(F)cc(F)c2)c2ccccc21. The average Bonchev–Trinajstić information content (AvgIpc) is 2.77. The van der Waals surface area contributed by atoms with Crippen molar-refractivity contribution in [2.75, 3.05) is 0 Å². The third-order valence-electron chi connectivity index (χ3n) is 3.44. The number of benzene rings is 2. The van der Waals surface area contributed by atoms with Gasteiger partial charge in [-0.05, 0) is 23.8 Å². The molecule has 4 nitrogen and oxygen atoms in total. The Morgan fingerprint density at radius 2 is 1.81 bits per heavy atom. The highest BCUT2D eigenvalue weighted by Gasteiger charge is 2.20. The summed E-state index contributed by atoms with van der Waals surface area (Å²) in [6.07, 6.45) is 0. The molecule has 0 aliphatic carbocycles. The summed E-state index contributed by atoms with van der Waals surface area (Å²) >= 11 is 0. The number of fused-ring (bicyclic) bond motifs is 1. The molecular weight excluding hydrogens is 274 g/mol. The predicted octanol–water partition coefficient (Wildman–Crippen LogP) is 2.40. The van der Waals surface area contributed by atoms with Crippen molar-refractivity contribution >= 4 is 10.9 Å². The van der Waals surface area contributed by atoms with E-state index in [0.29, 0.717) is 11.3 Å². The summed E-state index contributed by atoms with van der Waals surface area (Å²) in [5.74, 6) is 4.30. The minimum Gasteiger partial charge on any atom is -0.271 e. The Kier molecular flexibility index (Phi) is 3.40. The van der Waals surface area contributed by atoms with E-state index in [4.69, 9.17) is 5.84 Å². The normalized spacial score (nSPS) is 12.8. The summed E-state index contributed by atoms with van der Waals surface area (Å²) in [5.41, 5.74) is 4.52. The number of nitrogens with zero attached hydrogens (tertiary/aromatic N) is 2. The first-order valence-electron chi connectivity index (χ1n) is 6.44. The number of nitrogens with one attached hydrogen (secondary N) is 1. The standard InChI is InChI=1S/C15H14F2N4/c1-21-13-5-3-2-4-12(13)15(20-21)14(19-18)9-6-10(16)8-11(17)7-9/h2-8,14,19H,18H2,1H3. The van der Waals surface area contributed by atoms with E-state index in [-0.39, 0.29) is 0 Å². The number of hydrazine groups is 1. The number of para-hydroxylation sites is 1. The number of hydrogen-bond donors (Lipinski definition) is 2. The van der Waals surface area contributed by atoms with Crippen molar-refractivity contribution in [2.24, 2.45) is 12.9 Å². The predicted molar refractivity (Wildman–Crippen MR) is 76.2 cm³/mol. The van der Waals surface area contributed by atoms with Crippen molar-refractivity contribution in [3.05, 3.63) is 65.4 Å². The van der Waals surface area contributed by atoms with E-state index >= 15 is 0 Å². The van der Waals surface area contributed by atoms with Gasteiger partial charge >= 0.3 is 0 Å². The second kappa shape index (κ2) is 5.23. The molecule has 21 heavy (non-hydrogen) atoms. The molecule has 0 amide bonds. The van der Waals surface area contributed by atoms with Crippen LogP contribution in [0.5, 0.6) is 0 Å². The Balaban J connectivity index is 2.18. The Morgan fingerprint density at radius 3 is 2.48 bits per heavy atom. The molecule has 0 saturated carbocycles. The van der Waals surface area contributed by atoms with Gasteiger partial charge in [-0.3, -0.25) is 10.5 Å². The highest BCUT2D eigenvalue weighted by Crippen LogP contribution is 2.28. The van der Waals surface area contributed by atoms with Gasteiger partial charge in [-0.1, -0.05) is 18.2 Å². The van der Waals surface area contributed by atoms with E-state index in [1.54, 1.807) is 4.68 Å². The van der Waals surface area contributed by atoms with E-state index in [0.717, 1.165) is 17.0 Å². The molecule has 1 aromatic heterocycles. The van der Waals surface area contributed by atoms with Crippen LogP contribution in [0.1, 0.15) is 17.3 Å². The Hall–Kier alpha value is -2.31. The summed E-state index contributed by atoms with van der Waals surface area (Å²) in [6, 6.07) is 10.3. The Labute approximate surface area is 120 Å². The summed E-state index contributed by atoms with van der Waals surface area (Å²) in [6.45, 7) is 0. The zero-order valence-corrected chi connectivity index (χ0v) is 11.3. The fraction of sp³-hybridized carbons (Fsp3) is 0.133. The lowest BCUT2D eigenvalue weighted by Gasteiger charge is -2.15. The lowest BCUT2D eigenvalue weighted by molar-refractivity contribution is 0.560. The number of halogens is 2. The quantitative estimate of drug-likeness (QED) is 0.575. The van der Waals surface area contributed by atoms with E-state index in [1.807, 2.05) is 31.3 Å². The second-order valence-electron chi connectivity index (χ2n) is 4.83. The van der Waals surface area contributed by atoms with Crippen molar-refractivity contribution in [1.82, 2.24) is 15.2 Å². The smallest absolute Gasteiger partial charge is 0.126 e. The molecule has 0 bridgehead atoms. The molecule has 1 heterocycles. The van der Waals surface area contributed by atoms with Crippen LogP contribution in [-0.4, -0.2) is 9.78 Å². The van der Waals surface area contributed by atoms with Gasteiger partial charge < -0.3 is 0 Å². The molecule has 0 aliphatic heterocycles. The summed E-state index contributed by atoms with van der Waals surface area (Å²) in [4.78, 5) is 0. The van der Waals surface area contributed by atoms with Crippen LogP contribution in [0.25, 0.3) is 10.9 Å². The molecule has 0 aliphatic rings. The molecule has 3 aromatic rings. The van der Waals surface area contributed by atoms with Crippen molar-refractivity contribution < 1.29 is 8.78 Å². The molecule has 2 aromatic carbocycles. The first-order valence-corrected chi connectivity index (χ1v) is 6.44. The van der Waals surface area contributed by atoms with Crippen molar-refractivity contribution in [3.63, 3.8) is 0 Å². The molecule has 0 saturated heterocycles. The van der Waals surface area contributed by atoms with Gasteiger partial charge in [-0.25, -0.2) is 14.2 Å². The van der Waals surface area contributed by atoms with E-state index < -0.39 is 17.7 Å². The maximum absolute atomic E-state index is 13.4. The zero-order chi connectivity index (χ0) is 15.0. The molecule has 3 N–H and O–H groups in total. The number of hydrogen-bond acceptors (Lipinski definition) is 3. The average molecular weight is 288 g/mol. The molecule has 108 valence electrons. The van der Waals surface area contributed by atoms with Crippen LogP contribution < -0.4 is 11.3 Å². The summed E-state index contributed by atoms with van der Waals surface area (Å²) in [7, 11) is 1.81. The van der Waals surface area contributed by atoms with Crippen molar-refractivity contribution in [1.29, 1.82) is 0 Å². The molecule has 1 unspecified atom stereocenters. The maximum Gasteiger partial charge on any atom is 0.126 e. The first kappa shape index (κ1) is 13.7. The molecule has 0 radical (unpaired) electrons. The van der Waals surface area contributed by atoms with Crippen LogP contribution >= 0.6 is 0 Å². The van der Waals surface area contributed by atoms with Gasteiger partial charge in [-0.15, -0.1) is 0 Å². The van der Waals surface area contributed by atoms with Crippen LogP contribution in [0.15, 0.2) is 42.5 Å². The van der Waals surface area contributed by atoms with Gasteiger partial charge in [0.25, 0.3) is 0 Å². The van der Waals surface area contributed by atoms with Gasteiger partial charge in [0.2, 0.25) is 0 Å². The van der Waals surface area contributed by atoms with E-state index in [1.165, 1.54) is 12.1 Å². The largest absolute Gasteiger partial charge is 0.271 e. The van der Waals surface area contributed by atoms with E-state index in [9.17, 15) is 8.78 Å². The molecule has 3 rings (SSSR count). The van der Waals surface area contributed by atoms with Gasteiger partial charge in [0.05, 0.1) is 17.3 Å². The third-order valence-corrected chi connectivity index (χ3v) is 3.44. The van der Waals surface area contributed by atoms with Gasteiger partial charge in [-0.2, -0.15) is 5.10 Å². The number of aryl methyl sites for hydroxylation is 1. The monoisotopic (exact) mass is 288 g/mol. The van der Waals surface area contributed by atoms with Gasteiger partial charge in [0.1, 0.15) is 11.6 Å². The Morgan fingerprint density at radius 1 is 1.14 bits per heavy atom. The fourth-order valence-electron chi connectivity index (χ4n) is 2.53. The Bertz CT molecular complexity index is 777. The second-order valence-corrected chi connectivity index (χ2v) is 4.83. The topological polar surface area (TPSA) is 55.9 Å². The molecule has 1 atom stereocenters. The lowest BCUT2D eigenvalue weighted by atomic mass is 10.0. The fourth-order valence-corrected chi connectivity index (χ4v) is 2.53. The minimum absolute atomic E-state index is 0.388. The minimum atomic E-state index is -0.648. The molecular formula is C15H14F2N4. The van der Waals surface area contributed by atoms with E-state index in [2.05, 4.69) is 10.5 Å². The van der Waals surface area contributed by atoms with Crippen LogP contribution in [0.3, 0.4) is 0 Å². The van der Waals surface area contributed by atoms with Crippen molar-refractivity contribution in [3.8, 4) is 0 Å². The zero-order valence-electron chi connectivity index (χ0n) is 11.3. The molecule has 0 spiro atoms. The molecule has 6 heteroatoms. The van der Waals surface area contributed by atoms with Gasteiger partial charge in [0.15, 0.2) is 0 Å².